The number of carbonyl (C=O) groups excluding carboxylic acids is 1. The highest BCUT2D eigenvalue weighted by Gasteiger charge is 2.31. The number of ether oxygens (including phenoxy) is 1. The summed E-state index contributed by atoms with van der Waals surface area (Å²) in [6.45, 7) is 4.31. The van der Waals surface area contributed by atoms with Gasteiger partial charge in [0.25, 0.3) is 5.91 Å². The number of benzene rings is 2. The van der Waals surface area contributed by atoms with Crippen molar-refractivity contribution in [3.05, 3.63) is 59.2 Å². The second-order valence-electron chi connectivity index (χ2n) is 5.88. The van der Waals surface area contributed by atoms with E-state index in [-0.39, 0.29) is 11.7 Å². The number of phenolic OH excluding ortho intramolecular Hbond substituents is 1. The van der Waals surface area contributed by atoms with E-state index in [0.717, 1.165) is 16.8 Å². The summed E-state index contributed by atoms with van der Waals surface area (Å²) in [5.74, 6) is 0.374. The molecule has 4 nitrogen and oxygen atoms in total. The summed E-state index contributed by atoms with van der Waals surface area (Å²) in [5, 5.41) is 9.79. The molecule has 0 unspecified atom stereocenters. The Kier molecular flexibility index (Phi) is 4.86. The highest BCUT2D eigenvalue weighted by Crippen LogP contribution is 2.31. The van der Waals surface area contributed by atoms with E-state index in [9.17, 15) is 9.90 Å². The predicted octanol–water partition coefficient (Wildman–Crippen LogP) is 4.25. The number of carbonyl (C=O) groups is 1. The number of anilines is 1. The second-order valence-corrected chi connectivity index (χ2v) is 6.35. The standard InChI is InChI=1S/C20H19NO3S/c1-3-24-18-11-14(6-9-17(18)22)10-15-12-19(25)21(20(15)23)16-7-4-13(2)5-8-16/h4-11,22H,3,12H2,1-2H3/b15-10+. The lowest BCUT2D eigenvalue weighted by Gasteiger charge is -2.15. The fourth-order valence-electron chi connectivity index (χ4n) is 2.74. The molecule has 1 saturated heterocycles. The number of phenols is 1. The molecule has 1 fully saturated rings. The molecule has 0 aliphatic carbocycles. The molecule has 1 amide bonds. The number of thiocarbonyl (C=S) groups is 1. The zero-order chi connectivity index (χ0) is 18.0. The molecule has 2 aromatic rings. The molecule has 0 radical (unpaired) electrons. The molecule has 1 aliphatic rings. The van der Waals surface area contributed by atoms with Gasteiger partial charge >= 0.3 is 0 Å². The minimum Gasteiger partial charge on any atom is -0.504 e. The van der Waals surface area contributed by atoms with Crippen LogP contribution in [0.15, 0.2) is 48.0 Å². The Morgan fingerprint density at radius 3 is 2.64 bits per heavy atom. The van der Waals surface area contributed by atoms with E-state index in [1.807, 2.05) is 38.1 Å². The van der Waals surface area contributed by atoms with Crippen LogP contribution in [0.3, 0.4) is 0 Å². The minimum absolute atomic E-state index is 0.0820. The lowest BCUT2D eigenvalue weighted by molar-refractivity contribution is -0.113. The van der Waals surface area contributed by atoms with Crippen LogP contribution in [0, 0.1) is 6.92 Å². The van der Waals surface area contributed by atoms with Crippen molar-refractivity contribution in [1.29, 1.82) is 0 Å². The van der Waals surface area contributed by atoms with Gasteiger partial charge in [-0.1, -0.05) is 36.0 Å². The SMILES string of the molecule is CCOc1cc(/C=C2\CC(=S)N(c3ccc(C)cc3)C2=O)ccc1O. The average Bonchev–Trinajstić information content (AvgIpc) is 2.86. The van der Waals surface area contributed by atoms with Gasteiger partial charge in [0.15, 0.2) is 11.5 Å². The van der Waals surface area contributed by atoms with Crippen LogP contribution in [-0.4, -0.2) is 22.6 Å². The fourth-order valence-corrected chi connectivity index (χ4v) is 3.08. The van der Waals surface area contributed by atoms with Crippen LogP contribution in [-0.2, 0) is 4.79 Å². The summed E-state index contributed by atoms with van der Waals surface area (Å²) in [6.07, 6.45) is 2.22. The first-order valence-electron chi connectivity index (χ1n) is 8.10. The van der Waals surface area contributed by atoms with E-state index in [1.54, 1.807) is 29.2 Å². The Morgan fingerprint density at radius 2 is 1.96 bits per heavy atom. The maximum absolute atomic E-state index is 12.8. The summed E-state index contributed by atoms with van der Waals surface area (Å²) >= 11 is 5.41. The van der Waals surface area contributed by atoms with Crippen molar-refractivity contribution in [2.45, 2.75) is 20.3 Å². The average molecular weight is 353 g/mol. The third-order valence-electron chi connectivity index (χ3n) is 3.99. The van der Waals surface area contributed by atoms with Gasteiger partial charge in [-0.3, -0.25) is 9.69 Å². The molecular formula is C20H19NO3S. The van der Waals surface area contributed by atoms with E-state index in [4.69, 9.17) is 17.0 Å². The van der Waals surface area contributed by atoms with Crippen LogP contribution < -0.4 is 9.64 Å². The molecular weight excluding hydrogens is 334 g/mol. The predicted molar refractivity (Wildman–Crippen MR) is 103 cm³/mol. The Balaban J connectivity index is 1.90. The maximum Gasteiger partial charge on any atom is 0.259 e. The van der Waals surface area contributed by atoms with E-state index >= 15 is 0 Å². The van der Waals surface area contributed by atoms with Crippen molar-refractivity contribution >= 4 is 34.9 Å². The molecule has 0 spiro atoms. The summed E-state index contributed by atoms with van der Waals surface area (Å²) in [4.78, 5) is 14.9. The van der Waals surface area contributed by atoms with Gasteiger partial charge in [0, 0.05) is 17.7 Å². The van der Waals surface area contributed by atoms with Crippen LogP contribution >= 0.6 is 12.2 Å². The molecule has 3 rings (SSSR count). The highest BCUT2D eigenvalue weighted by molar-refractivity contribution is 7.80. The van der Waals surface area contributed by atoms with Crippen molar-refractivity contribution in [2.24, 2.45) is 0 Å². The third kappa shape index (κ3) is 3.56. The highest BCUT2D eigenvalue weighted by atomic mass is 32.1. The zero-order valence-corrected chi connectivity index (χ0v) is 15.0. The molecule has 0 saturated carbocycles. The molecule has 2 aromatic carbocycles. The van der Waals surface area contributed by atoms with E-state index in [1.165, 1.54) is 0 Å². The number of aryl methyl sites for hydroxylation is 1. The van der Waals surface area contributed by atoms with Gasteiger partial charge in [-0.05, 0) is 49.8 Å². The van der Waals surface area contributed by atoms with E-state index in [0.29, 0.717) is 29.3 Å². The summed E-state index contributed by atoms with van der Waals surface area (Å²) < 4.78 is 5.39. The van der Waals surface area contributed by atoms with Gasteiger partial charge in [-0.15, -0.1) is 0 Å². The summed E-state index contributed by atoms with van der Waals surface area (Å²) in [5.41, 5.74) is 3.33. The topological polar surface area (TPSA) is 49.8 Å². The van der Waals surface area contributed by atoms with Gasteiger partial charge in [0.05, 0.1) is 11.6 Å². The molecule has 0 aromatic heterocycles. The largest absolute Gasteiger partial charge is 0.504 e. The number of amides is 1. The number of rotatable bonds is 4. The Hall–Kier alpha value is -2.66. The van der Waals surface area contributed by atoms with Crippen LogP contribution in [0.4, 0.5) is 5.69 Å². The zero-order valence-electron chi connectivity index (χ0n) is 14.2. The minimum atomic E-state index is -0.111. The molecule has 128 valence electrons. The fraction of sp³-hybridized carbons (Fsp3) is 0.200. The molecule has 0 atom stereocenters. The number of nitrogens with zero attached hydrogens (tertiary/aromatic N) is 1. The van der Waals surface area contributed by atoms with Gasteiger partial charge in [-0.25, -0.2) is 0 Å². The number of hydrogen-bond acceptors (Lipinski definition) is 4. The summed E-state index contributed by atoms with van der Waals surface area (Å²) in [6, 6.07) is 12.7. The maximum atomic E-state index is 12.8. The molecule has 25 heavy (non-hydrogen) atoms. The van der Waals surface area contributed by atoms with Crippen molar-refractivity contribution in [3.8, 4) is 11.5 Å². The van der Waals surface area contributed by atoms with Crippen molar-refractivity contribution in [3.63, 3.8) is 0 Å². The van der Waals surface area contributed by atoms with Crippen LogP contribution in [0.5, 0.6) is 11.5 Å². The van der Waals surface area contributed by atoms with Gasteiger partial charge in [0.2, 0.25) is 0 Å². The lowest BCUT2D eigenvalue weighted by Crippen LogP contribution is -2.27. The molecule has 5 heteroatoms. The molecule has 1 heterocycles. The van der Waals surface area contributed by atoms with Crippen LogP contribution in [0.1, 0.15) is 24.5 Å². The Morgan fingerprint density at radius 1 is 1.24 bits per heavy atom. The van der Waals surface area contributed by atoms with Crippen LogP contribution in [0.25, 0.3) is 6.08 Å². The van der Waals surface area contributed by atoms with Gasteiger partial charge in [-0.2, -0.15) is 0 Å². The van der Waals surface area contributed by atoms with Crippen molar-refractivity contribution < 1.29 is 14.6 Å². The van der Waals surface area contributed by atoms with E-state index < -0.39 is 0 Å². The van der Waals surface area contributed by atoms with Crippen molar-refractivity contribution in [2.75, 3.05) is 11.5 Å². The van der Waals surface area contributed by atoms with Crippen LogP contribution in [0.2, 0.25) is 0 Å². The molecule has 1 N–H and O–H groups in total. The Labute approximate surface area is 152 Å². The Bertz CT molecular complexity index is 856. The van der Waals surface area contributed by atoms with Gasteiger partial charge in [0.1, 0.15) is 0 Å². The smallest absolute Gasteiger partial charge is 0.259 e. The first-order valence-corrected chi connectivity index (χ1v) is 8.50. The molecule has 1 aliphatic heterocycles. The lowest BCUT2D eigenvalue weighted by atomic mass is 10.1. The number of aromatic hydroxyl groups is 1. The monoisotopic (exact) mass is 353 g/mol. The second kappa shape index (κ2) is 7.07. The first kappa shape index (κ1) is 17.2. The summed E-state index contributed by atoms with van der Waals surface area (Å²) in [7, 11) is 0. The quantitative estimate of drug-likeness (QED) is 0.659. The molecule has 0 bridgehead atoms. The first-order chi connectivity index (χ1) is 12.0. The van der Waals surface area contributed by atoms with Crippen molar-refractivity contribution in [1.82, 2.24) is 0 Å². The third-order valence-corrected chi connectivity index (χ3v) is 4.31. The normalized spacial score (nSPS) is 15.9. The van der Waals surface area contributed by atoms with Gasteiger partial charge < -0.3 is 9.84 Å². The van der Waals surface area contributed by atoms with E-state index in [2.05, 4.69) is 0 Å². The number of hydrogen-bond donors (Lipinski definition) is 1.